The summed E-state index contributed by atoms with van der Waals surface area (Å²) < 4.78 is 12.4. The predicted molar refractivity (Wildman–Crippen MR) is 73.8 cm³/mol. The Labute approximate surface area is 114 Å². The van der Waals surface area contributed by atoms with Crippen LogP contribution in [0, 0.1) is 0 Å². The third kappa shape index (κ3) is 2.24. The molecule has 1 aromatic carbocycles. The Morgan fingerprint density at radius 2 is 2.16 bits per heavy atom. The van der Waals surface area contributed by atoms with Crippen molar-refractivity contribution >= 4 is 11.3 Å². The molecule has 1 aliphatic heterocycles. The van der Waals surface area contributed by atoms with Gasteiger partial charge in [-0.3, -0.25) is 9.36 Å². The maximum absolute atomic E-state index is 11.8. The molecule has 2 aromatic rings. The lowest BCUT2D eigenvalue weighted by Gasteiger charge is -2.07. The second-order valence-electron chi connectivity index (χ2n) is 4.25. The van der Waals surface area contributed by atoms with Gasteiger partial charge in [-0.2, -0.15) is 0 Å². The number of fused-ring (bicyclic) bond motifs is 1. The standard InChI is InChI=1S/C13H14N2O3S/c14-4-1-5-15-10(7-19-13(15)16)9-2-3-11-12(6-9)18-8-17-11/h2-3,6-7H,1,4-5,8,14H2. The Bertz CT molecular complexity index is 648. The third-order valence-corrected chi connectivity index (χ3v) is 3.80. The van der Waals surface area contributed by atoms with Crippen LogP contribution in [0.4, 0.5) is 0 Å². The number of ether oxygens (including phenoxy) is 2. The van der Waals surface area contributed by atoms with Gasteiger partial charge in [0, 0.05) is 17.5 Å². The maximum atomic E-state index is 11.8. The number of rotatable bonds is 4. The monoisotopic (exact) mass is 278 g/mol. The lowest BCUT2D eigenvalue weighted by molar-refractivity contribution is 0.174. The van der Waals surface area contributed by atoms with Crippen LogP contribution in [-0.4, -0.2) is 17.9 Å². The summed E-state index contributed by atoms with van der Waals surface area (Å²) in [7, 11) is 0. The Kier molecular flexibility index (Phi) is 3.27. The van der Waals surface area contributed by atoms with Crippen molar-refractivity contribution in [3.05, 3.63) is 33.2 Å². The van der Waals surface area contributed by atoms with Crippen molar-refractivity contribution in [2.24, 2.45) is 5.73 Å². The average molecular weight is 278 g/mol. The predicted octanol–water partition coefficient (Wildman–Crippen LogP) is 1.65. The van der Waals surface area contributed by atoms with Gasteiger partial charge in [-0.1, -0.05) is 11.3 Å². The van der Waals surface area contributed by atoms with Gasteiger partial charge < -0.3 is 15.2 Å². The number of nitrogens with zero attached hydrogens (tertiary/aromatic N) is 1. The van der Waals surface area contributed by atoms with Crippen LogP contribution in [0.25, 0.3) is 11.3 Å². The molecule has 5 nitrogen and oxygen atoms in total. The van der Waals surface area contributed by atoms with E-state index < -0.39 is 0 Å². The van der Waals surface area contributed by atoms with Crippen molar-refractivity contribution in [2.45, 2.75) is 13.0 Å². The van der Waals surface area contributed by atoms with Gasteiger partial charge in [0.05, 0.1) is 5.69 Å². The van der Waals surface area contributed by atoms with Crippen molar-refractivity contribution in [3.8, 4) is 22.8 Å². The minimum absolute atomic E-state index is 0.0427. The number of thiazole rings is 1. The van der Waals surface area contributed by atoms with E-state index in [2.05, 4.69) is 0 Å². The van der Waals surface area contributed by atoms with Gasteiger partial charge in [-0.15, -0.1) is 0 Å². The van der Waals surface area contributed by atoms with E-state index in [1.165, 1.54) is 11.3 Å². The van der Waals surface area contributed by atoms with Crippen LogP contribution in [0.2, 0.25) is 0 Å². The Morgan fingerprint density at radius 1 is 1.32 bits per heavy atom. The summed E-state index contributed by atoms with van der Waals surface area (Å²) in [6.07, 6.45) is 0.786. The quantitative estimate of drug-likeness (QED) is 0.923. The highest BCUT2D eigenvalue weighted by molar-refractivity contribution is 7.07. The minimum atomic E-state index is 0.0427. The molecule has 6 heteroatoms. The first kappa shape index (κ1) is 12.3. The molecule has 0 atom stereocenters. The molecule has 0 amide bonds. The molecule has 0 unspecified atom stereocenters. The van der Waals surface area contributed by atoms with E-state index in [0.29, 0.717) is 13.1 Å². The number of hydrogen-bond acceptors (Lipinski definition) is 5. The van der Waals surface area contributed by atoms with Crippen molar-refractivity contribution in [3.63, 3.8) is 0 Å². The zero-order valence-corrected chi connectivity index (χ0v) is 11.1. The van der Waals surface area contributed by atoms with Crippen LogP contribution in [-0.2, 0) is 6.54 Å². The smallest absolute Gasteiger partial charge is 0.307 e. The molecule has 0 radical (unpaired) electrons. The zero-order chi connectivity index (χ0) is 13.2. The van der Waals surface area contributed by atoms with Gasteiger partial charge in [-0.05, 0) is 31.2 Å². The van der Waals surface area contributed by atoms with E-state index in [1.807, 2.05) is 23.6 Å². The SMILES string of the molecule is NCCCn1c(-c2ccc3c(c2)OCO3)csc1=O. The normalized spacial score (nSPS) is 12.9. The number of nitrogens with two attached hydrogens (primary N) is 1. The molecule has 3 rings (SSSR count). The molecule has 0 aliphatic carbocycles. The second-order valence-corrected chi connectivity index (χ2v) is 5.07. The topological polar surface area (TPSA) is 66.5 Å². The van der Waals surface area contributed by atoms with E-state index in [9.17, 15) is 4.79 Å². The Hall–Kier alpha value is -1.79. The maximum Gasteiger partial charge on any atom is 0.307 e. The molecular weight excluding hydrogens is 264 g/mol. The molecule has 0 fully saturated rings. The average Bonchev–Trinajstić information content (AvgIpc) is 3.02. The number of hydrogen-bond donors (Lipinski definition) is 1. The zero-order valence-electron chi connectivity index (χ0n) is 10.3. The molecule has 2 N–H and O–H groups in total. The van der Waals surface area contributed by atoms with Crippen LogP contribution < -0.4 is 20.1 Å². The highest BCUT2D eigenvalue weighted by Gasteiger charge is 2.16. The first-order valence-electron chi connectivity index (χ1n) is 6.08. The largest absolute Gasteiger partial charge is 0.454 e. The van der Waals surface area contributed by atoms with E-state index in [4.69, 9.17) is 15.2 Å². The Balaban J connectivity index is 2.00. The molecule has 2 heterocycles. The molecule has 0 spiro atoms. The molecular formula is C13H14N2O3S. The summed E-state index contributed by atoms with van der Waals surface area (Å²) in [6.45, 7) is 1.47. The summed E-state index contributed by atoms with van der Waals surface area (Å²) in [6, 6.07) is 5.71. The molecule has 0 bridgehead atoms. The minimum Gasteiger partial charge on any atom is -0.454 e. The Morgan fingerprint density at radius 3 is 3.00 bits per heavy atom. The first-order valence-corrected chi connectivity index (χ1v) is 6.96. The van der Waals surface area contributed by atoms with Crippen LogP contribution in [0.3, 0.4) is 0 Å². The van der Waals surface area contributed by atoms with Crippen LogP contribution >= 0.6 is 11.3 Å². The van der Waals surface area contributed by atoms with Crippen LogP contribution in [0.5, 0.6) is 11.5 Å². The summed E-state index contributed by atoms with van der Waals surface area (Å²) in [5, 5.41) is 1.87. The summed E-state index contributed by atoms with van der Waals surface area (Å²) in [5.74, 6) is 1.47. The lowest BCUT2D eigenvalue weighted by Crippen LogP contribution is -2.16. The fraction of sp³-hybridized carbons (Fsp3) is 0.308. The van der Waals surface area contributed by atoms with E-state index in [0.717, 1.165) is 29.2 Å². The molecule has 0 saturated carbocycles. The molecule has 0 saturated heterocycles. The fourth-order valence-electron chi connectivity index (χ4n) is 2.07. The van der Waals surface area contributed by atoms with Crippen molar-refractivity contribution < 1.29 is 9.47 Å². The van der Waals surface area contributed by atoms with Crippen molar-refractivity contribution in [1.82, 2.24) is 4.57 Å². The molecule has 1 aliphatic rings. The van der Waals surface area contributed by atoms with Gasteiger partial charge in [0.1, 0.15) is 0 Å². The third-order valence-electron chi connectivity index (χ3n) is 3.04. The van der Waals surface area contributed by atoms with Crippen LogP contribution in [0.15, 0.2) is 28.4 Å². The lowest BCUT2D eigenvalue weighted by atomic mass is 10.1. The van der Waals surface area contributed by atoms with Crippen LogP contribution in [0.1, 0.15) is 6.42 Å². The highest BCUT2D eigenvalue weighted by Crippen LogP contribution is 2.35. The summed E-state index contributed by atoms with van der Waals surface area (Å²) in [5.41, 5.74) is 7.37. The summed E-state index contributed by atoms with van der Waals surface area (Å²) >= 11 is 1.20. The van der Waals surface area contributed by atoms with Crippen molar-refractivity contribution in [1.29, 1.82) is 0 Å². The van der Waals surface area contributed by atoms with Gasteiger partial charge >= 0.3 is 4.87 Å². The number of aromatic nitrogens is 1. The van der Waals surface area contributed by atoms with Gasteiger partial charge in [-0.25, -0.2) is 0 Å². The molecule has 19 heavy (non-hydrogen) atoms. The fourth-order valence-corrected chi connectivity index (χ4v) is 2.87. The second kappa shape index (κ2) is 5.07. The first-order chi connectivity index (χ1) is 9.29. The van der Waals surface area contributed by atoms with Crippen molar-refractivity contribution in [2.75, 3.05) is 13.3 Å². The van der Waals surface area contributed by atoms with Gasteiger partial charge in [0.15, 0.2) is 11.5 Å². The summed E-state index contributed by atoms with van der Waals surface area (Å²) in [4.78, 5) is 11.9. The number of benzene rings is 1. The highest BCUT2D eigenvalue weighted by atomic mass is 32.1. The van der Waals surface area contributed by atoms with E-state index >= 15 is 0 Å². The van der Waals surface area contributed by atoms with E-state index in [-0.39, 0.29) is 11.7 Å². The molecule has 1 aromatic heterocycles. The van der Waals surface area contributed by atoms with E-state index in [1.54, 1.807) is 4.57 Å². The van der Waals surface area contributed by atoms with Gasteiger partial charge in [0.2, 0.25) is 6.79 Å². The van der Waals surface area contributed by atoms with Gasteiger partial charge in [0.25, 0.3) is 0 Å². The molecule has 100 valence electrons.